The molecule has 2 saturated carbocycles. The minimum Gasteiger partial charge on any atom is -0.355 e. The molecule has 0 radical (unpaired) electrons. The molecular formula is C13H24N2O. The van der Waals surface area contributed by atoms with Crippen molar-refractivity contribution in [1.29, 1.82) is 0 Å². The Balaban J connectivity index is 1.53. The van der Waals surface area contributed by atoms with Crippen molar-refractivity contribution in [2.45, 2.75) is 51.5 Å². The van der Waals surface area contributed by atoms with Crippen molar-refractivity contribution >= 4 is 5.91 Å². The monoisotopic (exact) mass is 224 g/mol. The van der Waals surface area contributed by atoms with Crippen molar-refractivity contribution in [3.05, 3.63) is 0 Å². The second-order valence-corrected chi connectivity index (χ2v) is 5.59. The maximum atomic E-state index is 11.5. The van der Waals surface area contributed by atoms with Crippen LogP contribution in [-0.4, -0.2) is 25.0 Å². The molecule has 2 fully saturated rings. The first-order valence-electron chi connectivity index (χ1n) is 6.74. The van der Waals surface area contributed by atoms with Crippen LogP contribution in [0.15, 0.2) is 0 Å². The molecule has 0 aromatic rings. The molecule has 0 atom stereocenters. The standard InChI is InChI=1S/C13H24N2O/c1-10-2-4-11(5-3-10)8-15-13(16)9-14-12-6-7-12/h10-12,14H,2-9H2,1H3,(H,15,16). The number of hydrogen-bond acceptors (Lipinski definition) is 2. The summed E-state index contributed by atoms with van der Waals surface area (Å²) in [6.45, 7) is 3.72. The van der Waals surface area contributed by atoms with Gasteiger partial charge in [0.1, 0.15) is 0 Å². The normalized spacial score (nSPS) is 30.1. The van der Waals surface area contributed by atoms with Crippen LogP contribution in [0, 0.1) is 11.8 Å². The van der Waals surface area contributed by atoms with Crippen molar-refractivity contribution in [3.8, 4) is 0 Å². The molecule has 2 rings (SSSR count). The molecule has 3 nitrogen and oxygen atoms in total. The number of carbonyl (C=O) groups is 1. The molecule has 0 bridgehead atoms. The van der Waals surface area contributed by atoms with Crippen LogP contribution < -0.4 is 10.6 Å². The van der Waals surface area contributed by atoms with E-state index in [9.17, 15) is 4.79 Å². The number of nitrogens with one attached hydrogen (secondary N) is 2. The summed E-state index contributed by atoms with van der Waals surface area (Å²) in [5.74, 6) is 1.79. The summed E-state index contributed by atoms with van der Waals surface area (Å²) in [5.41, 5.74) is 0. The zero-order valence-electron chi connectivity index (χ0n) is 10.3. The molecule has 0 aromatic heterocycles. The van der Waals surface area contributed by atoms with Gasteiger partial charge in [-0.1, -0.05) is 19.8 Å². The Morgan fingerprint density at radius 2 is 1.81 bits per heavy atom. The Morgan fingerprint density at radius 1 is 1.12 bits per heavy atom. The quantitative estimate of drug-likeness (QED) is 0.746. The van der Waals surface area contributed by atoms with Gasteiger partial charge in [-0.15, -0.1) is 0 Å². The van der Waals surface area contributed by atoms with E-state index in [1.807, 2.05) is 0 Å². The Hall–Kier alpha value is -0.570. The minimum absolute atomic E-state index is 0.172. The van der Waals surface area contributed by atoms with Gasteiger partial charge in [-0.05, 0) is 37.5 Å². The zero-order valence-corrected chi connectivity index (χ0v) is 10.3. The van der Waals surface area contributed by atoms with Crippen molar-refractivity contribution in [1.82, 2.24) is 10.6 Å². The maximum Gasteiger partial charge on any atom is 0.233 e. The highest BCUT2D eigenvalue weighted by Gasteiger charge is 2.22. The van der Waals surface area contributed by atoms with Crippen molar-refractivity contribution in [2.24, 2.45) is 11.8 Å². The van der Waals surface area contributed by atoms with Gasteiger partial charge in [-0.25, -0.2) is 0 Å². The third-order valence-corrected chi connectivity index (χ3v) is 3.85. The highest BCUT2D eigenvalue weighted by molar-refractivity contribution is 5.78. The largest absolute Gasteiger partial charge is 0.355 e. The van der Waals surface area contributed by atoms with Crippen molar-refractivity contribution in [2.75, 3.05) is 13.1 Å². The van der Waals surface area contributed by atoms with Crippen LogP contribution in [0.3, 0.4) is 0 Å². The van der Waals surface area contributed by atoms with E-state index in [-0.39, 0.29) is 5.91 Å². The maximum absolute atomic E-state index is 11.5. The number of carbonyl (C=O) groups excluding carboxylic acids is 1. The second kappa shape index (κ2) is 5.67. The average molecular weight is 224 g/mol. The molecule has 0 saturated heterocycles. The SMILES string of the molecule is CC1CCC(CNC(=O)CNC2CC2)CC1. The fraction of sp³-hybridized carbons (Fsp3) is 0.923. The molecule has 0 aromatic carbocycles. The van der Waals surface area contributed by atoms with E-state index in [1.165, 1.54) is 38.5 Å². The third-order valence-electron chi connectivity index (χ3n) is 3.85. The summed E-state index contributed by atoms with van der Waals surface area (Å²) in [6, 6.07) is 0.626. The third kappa shape index (κ3) is 4.12. The topological polar surface area (TPSA) is 41.1 Å². The Kier molecular flexibility index (Phi) is 4.22. The smallest absolute Gasteiger partial charge is 0.233 e. The van der Waals surface area contributed by atoms with Gasteiger partial charge in [0.05, 0.1) is 6.54 Å². The van der Waals surface area contributed by atoms with Gasteiger partial charge in [0.15, 0.2) is 0 Å². The lowest BCUT2D eigenvalue weighted by Crippen LogP contribution is -2.37. The Labute approximate surface area is 98.4 Å². The van der Waals surface area contributed by atoms with Gasteiger partial charge in [0.25, 0.3) is 0 Å². The van der Waals surface area contributed by atoms with Crippen LogP contribution in [0.25, 0.3) is 0 Å². The van der Waals surface area contributed by atoms with Crippen molar-refractivity contribution < 1.29 is 4.79 Å². The average Bonchev–Trinajstić information content (AvgIpc) is 3.09. The minimum atomic E-state index is 0.172. The molecule has 0 heterocycles. The molecule has 2 N–H and O–H groups in total. The molecule has 16 heavy (non-hydrogen) atoms. The Morgan fingerprint density at radius 3 is 2.44 bits per heavy atom. The molecule has 2 aliphatic carbocycles. The summed E-state index contributed by atoms with van der Waals surface area (Å²) in [5, 5.41) is 6.29. The molecule has 92 valence electrons. The fourth-order valence-electron chi connectivity index (χ4n) is 2.38. The lowest BCUT2D eigenvalue weighted by atomic mass is 9.83. The van der Waals surface area contributed by atoms with Crippen molar-refractivity contribution in [3.63, 3.8) is 0 Å². The first-order valence-corrected chi connectivity index (χ1v) is 6.74. The van der Waals surface area contributed by atoms with E-state index in [4.69, 9.17) is 0 Å². The van der Waals surface area contributed by atoms with E-state index in [0.29, 0.717) is 12.6 Å². The summed E-state index contributed by atoms with van der Waals surface area (Å²) >= 11 is 0. The van der Waals surface area contributed by atoms with E-state index in [2.05, 4.69) is 17.6 Å². The lowest BCUT2D eigenvalue weighted by molar-refractivity contribution is -0.120. The van der Waals surface area contributed by atoms with Crippen LogP contribution in [0.4, 0.5) is 0 Å². The summed E-state index contributed by atoms with van der Waals surface area (Å²) < 4.78 is 0. The van der Waals surface area contributed by atoms with Gasteiger partial charge in [0.2, 0.25) is 5.91 Å². The predicted molar refractivity (Wildman–Crippen MR) is 65.2 cm³/mol. The molecular weight excluding hydrogens is 200 g/mol. The predicted octanol–water partition coefficient (Wildman–Crippen LogP) is 1.68. The van der Waals surface area contributed by atoms with Crippen LogP contribution in [-0.2, 0) is 4.79 Å². The van der Waals surface area contributed by atoms with E-state index in [0.717, 1.165) is 18.4 Å². The molecule has 2 aliphatic rings. The van der Waals surface area contributed by atoms with Crippen LogP contribution in [0.1, 0.15) is 45.4 Å². The van der Waals surface area contributed by atoms with Crippen LogP contribution >= 0.6 is 0 Å². The summed E-state index contributed by atoms with van der Waals surface area (Å²) in [7, 11) is 0. The highest BCUT2D eigenvalue weighted by Crippen LogP contribution is 2.27. The van der Waals surface area contributed by atoms with Crippen LogP contribution in [0.2, 0.25) is 0 Å². The molecule has 0 aliphatic heterocycles. The molecule has 1 amide bonds. The number of rotatable bonds is 5. The first-order chi connectivity index (χ1) is 7.74. The van der Waals surface area contributed by atoms with Gasteiger partial charge < -0.3 is 10.6 Å². The fourth-order valence-corrected chi connectivity index (χ4v) is 2.38. The highest BCUT2D eigenvalue weighted by atomic mass is 16.1. The molecule has 0 unspecified atom stereocenters. The van der Waals surface area contributed by atoms with Gasteiger partial charge in [-0.2, -0.15) is 0 Å². The first kappa shape index (κ1) is 11.9. The number of amides is 1. The second-order valence-electron chi connectivity index (χ2n) is 5.59. The van der Waals surface area contributed by atoms with Gasteiger partial charge in [0, 0.05) is 12.6 Å². The zero-order chi connectivity index (χ0) is 11.4. The lowest BCUT2D eigenvalue weighted by Gasteiger charge is -2.26. The summed E-state index contributed by atoms with van der Waals surface area (Å²) in [4.78, 5) is 11.5. The van der Waals surface area contributed by atoms with E-state index in [1.54, 1.807) is 0 Å². The number of hydrogen-bond donors (Lipinski definition) is 2. The Bertz CT molecular complexity index is 230. The van der Waals surface area contributed by atoms with E-state index < -0.39 is 0 Å². The van der Waals surface area contributed by atoms with Gasteiger partial charge in [-0.3, -0.25) is 4.79 Å². The molecule has 3 heteroatoms. The van der Waals surface area contributed by atoms with Crippen LogP contribution in [0.5, 0.6) is 0 Å². The molecule has 0 spiro atoms. The van der Waals surface area contributed by atoms with Gasteiger partial charge >= 0.3 is 0 Å². The summed E-state index contributed by atoms with van der Waals surface area (Å²) in [6.07, 6.45) is 7.73. The van der Waals surface area contributed by atoms with E-state index >= 15 is 0 Å².